The molecule has 0 fully saturated rings. The molecule has 1 aromatic carbocycles. The van der Waals surface area contributed by atoms with Crippen molar-refractivity contribution >= 4 is 11.6 Å². The van der Waals surface area contributed by atoms with E-state index in [0.717, 1.165) is 5.56 Å². The molecular weight excluding hydrogens is 212 g/mol. The molecule has 0 aliphatic rings. The van der Waals surface area contributed by atoms with Gasteiger partial charge in [-0.2, -0.15) is 0 Å². The molecule has 0 aliphatic carbocycles. The molecule has 1 atom stereocenters. The summed E-state index contributed by atoms with van der Waals surface area (Å²) in [5, 5.41) is 0. The van der Waals surface area contributed by atoms with Crippen LogP contribution in [0.25, 0.3) is 0 Å². The largest absolute Gasteiger partial charge is 0.398 e. The van der Waals surface area contributed by atoms with E-state index in [1.54, 1.807) is 4.90 Å². The van der Waals surface area contributed by atoms with Gasteiger partial charge in [0.2, 0.25) is 0 Å². The SMILES string of the molecule is Cc1c(N)cccc1C(=O)N(C)C(C)C(C)C. The van der Waals surface area contributed by atoms with E-state index < -0.39 is 0 Å². The third-order valence-electron chi connectivity index (χ3n) is 3.50. The lowest BCUT2D eigenvalue weighted by atomic mass is 10.0. The molecule has 1 aromatic rings. The molecule has 0 aliphatic heterocycles. The molecule has 1 rings (SSSR count). The molecule has 0 spiro atoms. The Morgan fingerprint density at radius 2 is 1.88 bits per heavy atom. The maximum absolute atomic E-state index is 12.3. The molecule has 2 N–H and O–H groups in total. The summed E-state index contributed by atoms with van der Waals surface area (Å²) in [5.74, 6) is 0.473. The van der Waals surface area contributed by atoms with E-state index in [4.69, 9.17) is 5.73 Å². The van der Waals surface area contributed by atoms with Gasteiger partial charge in [-0.1, -0.05) is 19.9 Å². The molecule has 94 valence electrons. The fraction of sp³-hybridized carbons (Fsp3) is 0.500. The van der Waals surface area contributed by atoms with Crippen molar-refractivity contribution in [1.29, 1.82) is 0 Å². The van der Waals surface area contributed by atoms with Crippen LogP contribution < -0.4 is 5.73 Å². The number of carbonyl (C=O) groups excluding carboxylic acids is 1. The molecule has 17 heavy (non-hydrogen) atoms. The van der Waals surface area contributed by atoms with Gasteiger partial charge in [-0.15, -0.1) is 0 Å². The molecule has 1 amide bonds. The number of rotatable bonds is 3. The Morgan fingerprint density at radius 3 is 2.41 bits per heavy atom. The number of hydrogen-bond donors (Lipinski definition) is 1. The predicted molar refractivity (Wildman–Crippen MR) is 72.0 cm³/mol. The highest BCUT2D eigenvalue weighted by Crippen LogP contribution is 2.19. The van der Waals surface area contributed by atoms with E-state index in [-0.39, 0.29) is 11.9 Å². The summed E-state index contributed by atoms with van der Waals surface area (Å²) in [6.45, 7) is 8.17. The van der Waals surface area contributed by atoms with Crippen LogP contribution in [0.1, 0.15) is 36.7 Å². The van der Waals surface area contributed by atoms with Crippen molar-refractivity contribution in [2.75, 3.05) is 12.8 Å². The molecule has 0 heterocycles. The van der Waals surface area contributed by atoms with E-state index in [0.29, 0.717) is 17.2 Å². The zero-order valence-electron chi connectivity index (χ0n) is 11.3. The first-order chi connectivity index (χ1) is 7.86. The van der Waals surface area contributed by atoms with E-state index in [1.165, 1.54) is 0 Å². The maximum Gasteiger partial charge on any atom is 0.254 e. The summed E-state index contributed by atoms with van der Waals surface area (Å²) in [7, 11) is 1.84. The van der Waals surface area contributed by atoms with Crippen LogP contribution in [-0.2, 0) is 0 Å². The number of nitrogen functional groups attached to an aromatic ring is 1. The Hall–Kier alpha value is -1.51. The lowest BCUT2D eigenvalue weighted by Crippen LogP contribution is -2.38. The first-order valence-electron chi connectivity index (χ1n) is 5.98. The highest BCUT2D eigenvalue weighted by molar-refractivity contribution is 5.96. The van der Waals surface area contributed by atoms with Gasteiger partial charge >= 0.3 is 0 Å². The number of anilines is 1. The van der Waals surface area contributed by atoms with Gasteiger partial charge in [-0.25, -0.2) is 0 Å². The highest BCUT2D eigenvalue weighted by Gasteiger charge is 2.21. The Kier molecular flexibility index (Phi) is 4.16. The maximum atomic E-state index is 12.3. The van der Waals surface area contributed by atoms with Gasteiger partial charge in [-0.05, 0) is 37.5 Å². The van der Waals surface area contributed by atoms with Gasteiger partial charge < -0.3 is 10.6 Å². The monoisotopic (exact) mass is 234 g/mol. The molecule has 1 unspecified atom stereocenters. The van der Waals surface area contributed by atoms with Crippen molar-refractivity contribution in [2.24, 2.45) is 5.92 Å². The molecule has 0 aromatic heterocycles. The van der Waals surface area contributed by atoms with Gasteiger partial charge in [0, 0.05) is 24.3 Å². The standard InChI is InChI=1S/C14H22N2O/c1-9(2)11(4)16(5)14(17)12-7-6-8-13(15)10(12)3/h6-9,11H,15H2,1-5H3. The molecule has 0 saturated heterocycles. The van der Waals surface area contributed by atoms with E-state index in [1.807, 2.05) is 32.2 Å². The van der Waals surface area contributed by atoms with Crippen molar-refractivity contribution in [2.45, 2.75) is 33.7 Å². The molecule has 3 heteroatoms. The number of carbonyl (C=O) groups is 1. The zero-order valence-corrected chi connectivity index (χ0v) is 11.3. The molecule has 3 nitrogen and oxygen atoms in total. The minimum atomic E-state index is 0.0380. The van der Waals surface area contributed by atoms with Gasteiger partial charge in [0.05, 0.1) is 0 Å². The Labute approximate surface area is 104 Å². The van der Waals surface area contributed by atoms with E-state index >= 15 is 0 Å². The first-order valence-corrected chi connectivity index (χ1v) is 5.98. The van der Waals surface area contributed by atoms with Crippen molar-refractivity contribution in [3.05, 3.63) is 29.3 Å². The quantitative estimate of drug-likeness (QED) is 0.817. The van der Waals surface area contributed by atoms with Crippen molar-refractivity contribution in [1.82, 2.24) is 4.90 Å². The molecular formula is C14H22N2O. The van der Waals surface area contributed by atoms with Gasteiger partial charge in [-0.3, -0.25) is 4.79 Å². The van der Waals surface area contributed by atoms with Crippen molar-refractivity contribution < 1.29 is 4.79 Å². The van der Waals surface area contributed by atoms with Crippen molar-refractivity contribution in [3.8, 4) is 0 Å². The van der Waals surface area contributed by atoms with E-state index in [9.17, 15) is 4.79 Å². The van der Waals surface area contributed by atoms with Crippen LogP contribution in [0.4, 0.5) is 5.69 Å². The van der Waals surface area contributed by atoms with Crippen LogP contribution in [-0.4, -0.2) is 23.9 Å². The zero-order chi connectivity index (χ0) is 13.2. The van der Waals surface area contributed by atoms with Crippen LogP contribution in [0.15, 0.2) is 18.2 Å². The third kappa shape index (κ3) is 2.78. The Balaban J connectivity index is 3.01. The molecule has 0 radical (unpaired) electrons. The fourth-order valence-corrected chi connectivity index (χ4v) is 1.71. The van der Waals surface area contributed by atoms with Gasteiger partial charge in [0.15, 0.2) is 0 Å². The second-order valence-corrected chi connectivity index (χ2v) is 4.92. The fourth-order valence-electron chi connectivity index (χ4n) is 1.71. The van der Waals surface area contributed by atoms with Gasteiger partial charge in [0.25, 0.3) is 5.91 Å². The van der Waals surface area contributed by atoms with Crippen molar-refractivity contribution in [3.63, 3.8) is 0 Å². The Bertz CT molecular complexity index is 413. The summed E-state index contributed by atoms with van der Waals surface area (Å²) in [4.78, 5) is 14.1. The lowest BCUT2D eigenvalue weighted by molar-refractivity contribution is 0.0706. The topological polar surface area (TPSA) is 46.3 Å². The number of amides is 1. The number of benzene rings is 1. The predicted octanol–water partition coefficient (Wildman–Crippen LogP) is 2.69. The second kappa shape index (κ2) is 5.21. The third-order valence-corrected chi connectivity index (χ3v) is 3.50. The average Bonchev–Trinajstić information content (AvgIpc) is 2.29. The number of hydrogen-bond acceptors (Lipinski definition) is 2. The average molecular weight is 234 g/mol. The van der Waals surface area contributed by atoms with Crippen LogP contribution >= 0.6 is 0 Å². The first kappa shape index (κ1) is 13.6. The van der Waals surface area contributed by atoms with Crippen LogP contribution in [0.2, 0.25) is 0 Å². The van der Waals surface area contributed by atoms with E-state index in [2.05, 4.69) is 20.8 Å². The minimum absolute atomic E-state index is 0.0380. The minimum Gasteiger partial charge on any atom is -0.398 e. The van der Waals surface area contributed by atoms with Crippen LogP contribution in [0.3, 0.4) is 0 Å². The summed E-state index contributed by atoms with van der Waals surface area (Å²) in [6.07, 6.45) is 0. The summed E-state index contributed by atoms with van der Waals surface area (Å²) < 4.78 is 0. The van der Waals surface area contributed by atoms with Crippen LogP contribution in [0, 0.1) is 12.8 Å². The highest BCUT2D eigenvalue weighted by atomic mass is 16.2. The molecule has 0 saturated carbocycles. The summed E-state index contributed by atoms with van der Waals surface area (Å²) in [6, 6.07) is 5.68. The Morgan fingerprint density at radius 1 is 1.29 bits per heavy atom. The normalized spacial score (nSPS) is 12.6. The van der Waals surface area contributed by atoms with Gasteiger partial charge in [0.1, 0.15) is 0 Å². The van der Waals surface area contributed by atoms with Crippen LogP contribution in [0.5, 0.6) is 0 Å². The lowest BCUT2D eigenvalue weighted by Gasteiger charge is -2.28. The summed E-state index contributed by atoms with van der Waals surface area (Å²) >= 11 is 0. The second-order valence-electron chi connectivity index (χ2n) is 4.92. The summed E-state index contributed by atoms with van der Waals surface area (Å²) in [5.41, 5.74) is 8.05. The number of nitrogens with two attached hydrogens (primary N) is 1. The number of nitrogens with zero attached hydrogens (tertiary/aromatic N) is 1. The molecule has 0 bridgehead atoms. The smallest absolute Gasteiger partial charge is 0.254 e.